The van der Waals surface area contributed by atoms with Crippen LogP contribution in [0.15, 0.2) is 22.8 Å². The second-order valence-electron chi connectivity index (χ2n) is 4.49. The van der Waals surface area contributed by atoms with Gasteiger partial charge < -0.3 is 19.3 Å². The van der Waals surface area contributed by atoms with Crippen molar-refractivity contribution < 1.29 is 19.1 Å². The van der Waals surface area contributed by atoms with E-state index >= 15 is 0 Å². The van der Waals surface area contributed by atoms with Gasteiger partial charge >= 0.3 is 12.0 Å². The number of hydrogen-bond acceptors (Lipinski definition) is 3. The van der Waals surface area contributed by atoms with E-state index in [0.29, 0.717) is 25.3 Å². The van der Waals surface area contributed by atoms with Crippen LogP contribution in [0.25, 0.3) is 0 Å². The lowest BCUT2D eigenvalue weighted by molar-refractivity contribution is -0.141. The van der Waals surface area contributed by atoms with Crippen molar-refractivity contribution in [2.24, 2.45) is 5.92 Å². The first-order valence-corrected chi connectivity index (χ1v) is 5.83. The highest BCUT2D eigenvalue weighted by molar-refractivity contribution is 5.77. The predicted octanol–water partition coefficient (Wildman–Crippen LogP) is 1.24. The van der Waals surface area contributed by atoms with Gasteiger partial charge in [-0.15, -0.1) is 0 Å². The van der Waals surface area contributed by atoms with E-state index in [1.54, 1.807) is 30.3 Å². The van der Waals surface area contributed by atoms with Crippen LogP contribution in [0.1, 0.15) is 12.2 Å². The molecule has 2 rings (SSSR count). The molecule has 18 heavy (non-hydrogen) atoms. The SMILES string of the molecule is CN(Cc1ccco1)C(=O)N1CCC(C(=O)O)C1. The van der Waals surface area contributed by atoms with Gasteiger partial charge in [0, 0.05) is 20.1 Å². The first-order valence-electron chi connectivity index (χ1n) is 5.83. The van der Waals surface area contributed by atoms with Crippen molar-refractivity contribution in [3.05, 3.63) is 24.2 Å². The minimum atomic E-state index is -0.834. The van der Waals surface area contributed by atoms with E-state index < -0.39 is 11.9 Å². The van der Waals surface area contributed by atoms with Crippen molar-refractivity contribution in [1.29, 1.82) is 0 Å². The van der Waals surface area contributed by atoms with Crippen molar-refractivity contribution >= 4 is 12.0 Å². The molecule has 0 bridgehead atoms. The highest BCUT2D eigenvalue weighted by Crippen LogP contribution is 2.18. The molecule has 1 aliphatic rings. The molecule has 6 nitrogen and oxygen atoms in total. The number of carbonyl (C=O) groups is 2. The molecule has 1 aromatic heterocycles. The topological polar surface area (TPSA) is 74.0 Å². The molecule has 0 radical (unpaired) electrons. The number of aliphatic carboxylic acids is 1. The average Bonchev–Trinajstić information content (AvgIpc) is 2.98. The van der Waals surface area contributed by atoms with Gasteiger partial charge in [0.05, 0.1) is 18.7 Å². The highest BCUT2D eigenvalue weighted by atomic mass is 16.4. The monoisotopic (exact) mass is 252 g/mol. The van der Waals surface area contributed by atoms with Crippen LogP contribution in [0.3, 0.4) is 0 Å². The summed E-state index contributed by atoms with van der Waals surface area (Å²) in [5.41, 5.74) is 0. The number of carboxylic acid groups (broad SMARTS) is 1. The minimum Gasteiger partial charge on any atom is -0.481 e. The molecular weight excluding hydrogens is 236 g/mol. The fourth-order valence-corrected chi connectivity index (χ4v) is 2.08. The molecule has 1 N–H and O–H groups in total. The molecule has 1 unspecified atom stereocenters. The maximum absolute atomic E-state index is 12.1. The standard InChI is InChI=1S/C12H16N2O4/c1-13(8-10-3-2-6-18-10)12(17)14-5-4-9(7-14)11(15)16/h2-3,6,9H,4-5,7-8H2,1H3,(H,15,16). The zero-order valence-electron chi connectivity index (χ0n) is 10.2. The third-order valence-electron chi connectivity index (χ3n) is 3.11. The number of furan rings is 1. The summed E-state index contributed by atoms with van der Waals surface area (Å²) in [5, 5.41) is 8.89. The Morgan fingerprint density at radius 1 is 1.61 bits per heavy atom. The Morgan fingerprint density at radius 3 is 2.94 bits per heavy atom. The highest BCUT2D eigenvalue weighted by Gasteiger charge is 2.32. The summed E-state index contributed by atoms with van der Waals surface area (Å²) in [5.74, 6) is -0.565. The fraction of sp³-hybridized carbons (Fsp3) is 0.500. The Morgan fingerprint density at radius 2 is 2.39 bits per heavy atom. The smallest absolute Gasteiger partial charge is 0.320 e. The summed E-state index contributed by atoms with van der Waals surface area (Å²) < 4.78 is 5.17. The number of rotatable bonds is 3. The van der Waals surface area contributed by atoms with E-state index in [1.165, 1.54) is 4.90 Å². The maximum Gasteiger partial charge on any atom is 0.320 e. The van der Waals surface area contributed by atoms with E-state index in [0.717, 1.165) is 0 Å². The van der Waals surface area contributed by atoms with E-state index in [9.17, 15) is 9.59 Å². The minimum absolute atomic E-state index is 0.157. The third-order valence-corrected chi connectivity index (χ3v) is 3.11. The molecule has 1 aliphatic heterocycles. The van der Waals surface area contributed by atoms with Crippen molar-refractivity contribution in [2.45, 2.75) is 13.0 Å². The Labute approximate surface area is 105 Å². The van der Waals surface area contributed by atoms with Crippen LogP contribution < -0.4 is 0 Å². The number of carboxylic acids is 1. The molecular formula is C12H16N2O4. The van der Waals surface area contributed by atoms with Gasteiger partial charge in [-0.2, -0.15) is 0 Å². The number of carbonyl (C=O) groups excluding carboxylic acids is 1. The molecule has 1 saturated heterocycles. The number of likely N-dealkylation sites (tertiary alicyclic amines) is 1. The number of nitrogens with zero attached hydrogens (tertiary/aromatic N) is 2. The normalized spacial score (nSPS) is 18.9. The van der Waals surface area contributed by atoms with E-state index in [1.807, 2.05) is 0 Å². The molecule has 98 valence electrons. The molecule has 2 amide bonds. The first-order chi connectivity index (χ1) is 8.58. The summed E-state index contributed by atoms with van der Waals surface area (Å²) in [6.45, 7) is 1.18. The molecule has 1 aromatic rings. The van der Waals surface area contributed by atoms with Crippen LogP contribution in [0.5, 0.6) is 0 Å². The molecule has 0 aromatic carbocycles. The molecule has 2 heterocycles. The summed E-state index contributed by atoms with van der Waals surface area (Å²) in [6, 6.07) is 3.41. The molecule has 0 spiro atoms. The van der Waals surface area contributed by atoms with Crippen molar-refractivity contribution in [3.8, 4) is 0 Å². The van der Waals surface area contributed by atoms with Crippen molar-refractivity contribution in [2.75, 3.05) is 20.1 Å². The van der Waals surface area contributed by atoms with Crippen LogP contribution >= 0.6 is 0 Å². The van der Waals surface area contributed by atoms with Gasteiger partial charge in [0.2, 0.25) is 0 Å². The third kappa shape index (κ3) is 2.64. The number of hydrogen-bond donors (Lipinski definition) is 1. The molecule has 1 fully saturated rings. The van der Waals surface area contributed by atoms with E-state index in [-0.39, 0.29) is 12.6 Å². The average molecular weight is 252 g/mol. The summed E-state index contributed by atoms with van der Waals surface area (Å²) in [7, 11) is 1.68. The Bertz CT molecular complexity index is 429. The summed E-state index contributed by atoms with van der Waals surface area (Å²) in [6.07, 6.45) is 2.08. The molecule has 6 heteroatoms. The van der Waals surface area contributed by atoms with Gasteiger partial charge in [-0.25, -0.2) is 4.79 Å². The number of amides is 2. The maximum atomic E-state index is 12.1. The predicted molar refractivity (Wildman–Crippen MR) is 62.9 cm³/mol. The van der Waals surface area contributed by atoms with Gasteiger partial charge in [0.25, 0.3) is 0 Å². The Kier molecular flexibility index (Phi) is 3.55. The van der Waals surface area contributed by atoms with Gasteiger partial charge in [-0.1, -0.05) is 0 Å². The largest absolute Gasteiger partial charge is 0.481 e. The molecule has 0 aliphatic carbocycles. The second kappa shape index (κ2) is 5.12. The van der Waals surface area contributed by atoms with Crippen molar-refractivity contribution in [1.82, 2.24) is 9.80 Å². The van der Waals surface area contributed by atoms with Gasteiger partial charge in [0.1, 0.15) is 5.76 Å². The number of urea groups is 1. The lowest BCUT2D eigenvalue weighted by Gasteiger charge is -2.23. The van der Waals surface area contributed by atoms with Gasteiger partial charge in [-0.3, -0.25) is 4.79 Å². The van der Waals surface area contributed by atoms with Gasteiger partial charge in [0.15, 0.2) is 0 Å². The van der Waals surface area contributed by atoms with Crippen molar-refractivity contribution in [3.63, 3.8) is 0 Å². The van der Waals surface area contributed by atoms with Crippen LogP contribution in [-0.4, -0.2) is 47.0 Å². The molecule has 0 saturated carbocycles. The van der Waals surface area contributed by atoms with Crippen LogP contribution in [0, 0.1) is 5.92 Å². The van der Waals surface area contributed by atoms with E-state index in [2.05, 4.69) is 0 Å². The first kappa shape index (κ1) is 12.5. The summed E-state index contributed by atoms with van der Waals surface area (Å²) in [4.78, 5) is 26.0. The van der Waals surface area contributed by atoms with Crippen LogP contribution in [-0.2, 0) is 11.3 Å². The van der Waals surface area contributed by atoms with Crippen LogP contribution in [0.4, 0.5) is 4.79 Å². The van der Waals surface area contributed by atoms with E-state index in [4.69, 9.17) is 9.52 Å². The molecule has 1 atom stereocenters. The Hall–Kier alpha value is -1.98. The fourth-order valence-electron chi connectivity index (χ4n) is 2.08. The zero-order chi connectivity index (χ0) is 13.1. The zero-order valence-corrected chi connectivity index (χ0v) is 10.2. The quantitative estimate of drug-likeness (QED) is 0.878. The Balaban J connectivity index is 1.90. The summed E-state index contributed by atoms with van der Waals surface area (Å²) >= 11 is 0. The van der Waals surface area contributed by atoms with Crippen LogP contribution in [0.2, 0.25) is 0 Å². The van der Waals surface area contributed by atoms with Gasteiger partial charge in [-0.05, 0) is 18.6 Å². The lowest BCUT2D eigenvalue weighted by Crippen LogP contribution is -2.39. The lowest BCUT2D eigenvalue weighted by atomic mass is 10.1. The second-order valence-corrected chi connectivity index (χ2v) is 4.49.